The molecule has 1 atom stereocenters. The maximum absolute atomic E-state index is 12.8. The number of carbonyl (C=O) groups is 4. The molecule has 1 saturated carbocycles. The molecule has 2 heterocycles. The lowest BCUT2D eigenvalue weighted by Gasteiger charge is -2.25. The summed E-state index contributed by atoms with van der Waals surface area (Å²) in [5, 5.41) is 2.78. The van der Waals surface area contributed by atoms with Crippen LogP contribution in [-0.2, 0) is 14.4 Å². The van der Waals surface area contributed by atoms with E-state index in [1.807, 2.05) is 18.7 Å². The normalized spacial score (nSPS) is 25.8. The minimum absolute atomic E-state index is 0.105. The minimum Gasteiger partial charge on any atom is -0.342 e. The molecule has 1 N–H and O–H groups in total. The molecule has 2 saturated heterocycles. The highest BCUT2D eigenvalue weighted by Crippen LogP contribution is 2.42. The average molecular weight is 408 g/mol. The summed E-state index contributed by atoms with van der Waals surface area (Å²) < 4.78 is 0. The van der Waals surface area contributed by atoms with Crippen molar-refractivity contribution < 1.29 is 19.2 Å². The molecule has 0 bridgehead atoms. The van der Waals surface area contributed by atoms with E-state index >= 15 is 0 Å². The molecule has 0 spiro atoms. The van der Waals surface area contributed by atoms with E-state index in [4.69, 9.17) is 0 Å². The van der Waals surface area contributed by atoms with Gasteiger partial charge in [0.15, 0.2) is 0 Å². The van der Waals surface area contributed by atoms with Crippen molar-refractivity contribution in [2.45, 2.75) is 45.6 Å². The van der Waals surface area contributed by atoms with Gasteiger partial charge in [0.2, 0.25) is 11.8 Å². The zero-order valence-electron chi connectivity index (χ0n) is 17.8. The first-order valence-electron chi connectivity index (χ1n) is 10.7. The fourth-order valence-electron chi connectivity index (χ4n) is 4.28. The van der Waals surface area contributed by atoms with Gasteiger partial charge in [0.05, 0.1) is 6.54 Å². The molecule has 9 heteroatoms. The third-order valence-corrected chi connectivity index (χ3v) is 6.40. The highest BCUT2D eigenvalue weighted by Gasteiger charge is 2.56. The third kappa shape index (κ3) is 4.55. The van der Waals surface area contributed by atoms with Crippen molar-refractivity contribution in [3.63, 3.8) is 0 Å². The van der Waals surface area contributed by atoms with Gasteiger partial charge in [-0.05, 0) is 46.0 Å². The number of nitrogens with one attached hydrogen (secondary N) is 1. The molecule has 5 amide bonds. The van der Waals surface area contributed by atoms with Gasteiger partial charge in [0.1, 0.15) is 12.1 Å². The van der Waals surface area contributed by atoms with Gasteiger partial charge in [-0.25, -0.2) is 4.79 Å². The summed E-state index contributed by atoms with van der Waals surface area (Å²) in [6.45, 7) is 9.64. The van der Waals surface area contributed by atoms with Gasteiger partial charge in [0.25, 0.3) is 5.91 Å². The van der Waals surface area contributed by atoms with Crippen LogP contribution < -0.4 is 5.32 Å². The Balaban J connectivity index is 1.52. The zero-order valence-corrected chi connectivity index (χ0v) is 17.8. The van der Waals surface area contributed by atoms with Crippen molar-refractivity contribution >= 4 is 23.8 Å². The topological polar surface area (TPSA) is 93.3 Å². The molecule has 1 aliphatic carbocycles. The summed E-state index contributed by atoms with van der Waals surface area (Å²) in [5.74, 6) is -0.229. The van der Waals surface area contributed by atoms with Crippen LogP contribution in [-0.4, -0.2) is 101 Å². The van der Waals surface area contributed by atoms with E-state index in [0.717, 1.165) is 30.7 Å². The second-order valence-corrected chi connectivity index (χ2v) is 8.37. The maximum atomic E-state index is 12.8. The van der Waals surface area contributed by atoms with Crippen LogP contribution in [0, 0.1) is 5.92 Å². The number of hydrogen-bond acceptors (Lipinski definition) is 5. The van der Waals surface area contributed by atoms with Crippen molar-refractivity contribution in [3.05, 3.63) is 0 Å². The number of carbonyl (C=O) groups excluding carboxylic acids is 4. The molecule has 0 aromatic rings. The van der Waals surface area contributed by atoms with Crippen LogP contribution >= 0.6 is 0 Å². The van der Waals surface area contributed by atoms with Crippen molar-refractivity contribution in [1.29, 1.82) is 0 Å². The van der Waals surface area contributed by atoms with Crippen molar-refractivity contribution in [3.8, 4) is 0 Å². The van der Waals surface area contributed by atoms with E-state index in [-0.39, 0.29) is 30.2 Å². The number of amides is 5. The Labute approximate surface area is 172 Å². The zero-order chi connectivity index (χ0) is 21.2. The number of imide groups is 1. The molecule has 0 aromatic heterocycles. The van der Waals surface area contributed by atoms with Crippen LogP contribution in [0.15, 0.2) is 0 Å². The Bertz CT molecular complexity index is 676. The standard InChI is InChI=1S/C20H33N5O4/c1-4-23(5-2)16(26)13-22-9-6-10-24(12-11-22)17(27)14-25-18(28)20(3,15-7-8-15)21-19(25)29/h15H,4-14H2,1-3H3,(H,21,29). The van der Waals surface area contributed by atoms with Gasteiger partial charge < -0.3 is 15.1 Å². The summed E-state index contributed by atoms with van der Waals surface area (Å²) in [6.07, 6.45) is 2.62. The van der Waals surface area contributed by atoms with Gasteiger partial charge in [-0.3, -0.25) is 24.2 Å². The lowest BCUT2D eigenvalue weighted by Crippen LogP contribution is -2.47. The van der Waals surface area contributed by atoms with Gasteiger partial charge in [0, 0.05) is 39.3 Å². The van der Waals surface area contributed by atoms with Gasteiger partial charge >= 0.3 is 6.03 Å². The Hall–Kier alpha value is -2.16. The highest BCUT2D eigenvalue weighted by atomic mass is 16.2. The van der Waals surface area contributed by atoms with E-state index in [1.54, 1.807) is 11.8 Å². The number of hydrogen-bond donors (Lipinski definition) is 1. The molecule has 0 radical (unpaired) electrons. The lowest BCUT2D eigenvalue weighted by molar-refractivity contribution is -0.139. The Morgan fingerprint density at radius 1 is 1.07 bits per heavy atom. The lowest BCUT2D eigenvalue weighted by atomic mass is 9.96. The molecular formula is C20H33N5O4. The molecule has 0 aromatic carbocycles. The van der Waals surface area contributed by atoms with Gasteiger partial charge in [-0.15, -0.1) is 0 Å². The predicted octanol–water partition coefficient (Wildman–Crippen LogP) is 0.110. The molecule has 1 unspecified atom stereocenters. The SMILES string of the molecule is CCN(CC)C(=O)CN1CCCN(C(=O)CN2C(=O)NC(C)(C3CC3)C2=O)CC1. The largest absolute Gasteiger partial charge is 0.342 e. The van der Waals surface area contributed by atoms with E-state index in [9.17, 15) is 19.2 Å². The van der Waals surface area contributed by atoms with Crippen molar-refractivity contribution in [2.24, 2.45) is 5.92 Å². The number of rotatable bonds is 7. The Kier molecular flexibility index (Phi) is 6.45. The second kappa shape index (κ2) is 8.69. The summed E-state index contributed by atoms with van der Waals surface area (Å²) >= 11 is 0. The molecular weight excluding hydrogens is 374 g/mol. The molecule has 2 aliphatic heterocycles. The summed E-state index contributed by atoms with van der Waals surface area (Å²) in [7, 11) is 0. The van der Waals surface area contributed by atoms with Crippen LogP contribution in [0.4, 0.5) is 4.79 Å². The first-order valence-corrected chi connectivity index (χ1v) is 10.7. The van der Waals surface area contributed by atoms with E-state index in [0.29, 0.717) is 39.3 Å². The minimum atomic E-state index is -0.863. The van der Waals surface area contributed by atoms with Crippen LogP contribution in [0.2, 0.25) is 0 Å². The molecule has 29 heavy (non-hydrogen) atoms. The molecule has 3 aliphatic rings. The highest BCUT2D eigenvalue weighted by molar-refractivity contribution is 6.09. The molecule has 3 fully saturated rings. The van der Waals surface area contributed by atoms with Crippen molar-refractivity contribution in [2.75, 3.05) is 52.4 Å². The van der Waals surface area contributed by atoms with Crippen LogP contribution in [0.3, 0.4) is 0 Å². The molecule has 9 nitrogen and oxygen atoms in total. The Morgan fingerprint density at radius 3 is 2.38 bits per heavy atom. The molecule has 3 rings (SSSR count). The smallest absolute Gasteiger partial charge is 0.325 e. The van der Waals surface area contributed by atoms with E-state index in [1.165, 1.54) is 0 Å². The number of urea groups is 1. The molecule has 162 valence electrons. The number of nitrogens with zero attached hydrogens (tertiary/aromatic N) is 4. The first-order chi connectivity index (χ1) is 13.8. The van der Waals surface area contributed by atoms with Crippen LogP contribution in [0.5, 0.6) is 0 Å². The second-order valence-electron chi connectivity index (χ2n) is 8.37. The van der Waals surface area contributed by atoms with Crippen LogP contribution in [0.25, 0.3) is 0 Å². The summed E-state index contributed by atoms with van der Waals surface area (Å²) in [6, 6.07) is -0.473. The monoisotopic (exact) mass is 407 g/mol. The predicted molar refractivity (Wildman–Crippen MR) is 107 cm³/mol. The fourth-order valence-corrected chi connectivity index (χ4v) is 4.28. The van der Waals surface area contributed by atoms with Crippen molar-refractivity contribution in [1.82, 2.24) is 24.9 Å². The van der Waals surface area contributed by atoms with Crippen LogP contribution in [0.1, 0.15) is 40.0 Å². The number of likely N-dealkylation sites (N-methyl/N-ethyl adjacent to an activating group) is 1. The first kappa shape index (κ1) is 21.5. The summed E-state index contributed by atoms with van der Waals surface area (Å²) in [4.78, 5) is 56.8. The third-order valence-electron chi connectivity index (χ3n) is 6.40. The average Bonchev–Trinajstić information content (AvgIpc) is 3.51. The fraction of sp³-hybridized carbons (Fsp3) is 0.800. The Morgan fingerprint density at radius 2 is 1.76 bits per heavy atom. The van der Waals surface area contributed by atoms with Gasteiger partial charge in [-0.1, -0.05) is 0 Å². The summed E-state index contributed by atoms with van der Waals surface area (Å²) in [5.41, 5.74) is -0.863. The van der Waals surface area contributed by atoms with E-state index in [2.05, 4.69) is 10.2 Å². The van der Waals surface area contributed by atoms with E-state index < -0.39 is 11.6 Å². The quantitative estimate of drug-likeness (QED) is 0.605. The maximum Gasteiger partial charge on any atom is 0.325 e. The van der Waals surface area contributed by atoms with Gasteiger partial charge in [-0.2, -0.15) is 0 Å².